The molecule has 8 heteroatoms. The minimum atomic E-state index is -0.874. The number of alkyl carbamates (subject to hydrolysis) is 1. The van der Waals surface area contributed by atoms with Crippen LogP contribution in [0.1, 0.15) is 75.3 Å². The van der Waals surface area contributed by atoms with Crippen LogP contribution in [0.5, 0.6) is 0 Å². The molecule has 2 aromatic rings. The van der Waals surface area contributed by atoms with Gasteiger partial charge in [0, 0.05) is 12.2 Å². The minimum absolute atomic E-state index is 0.289. The molecule has 0 saturated carbocycles. The number of hydrogen-bond acceptors (Lipinski definition) is 5. The van der Waals surface area contributed by atoms with E-state index in [-0.39, 0.29) is 11.8 Å². The fraction of sp³-hybridized carbons (Fsp3) is 0.516. The highest BCUT2D eigenvalue weighted by Crippen LogP contribution is 2.29. The third-order valence-corrected chi connectivity index (χ3v) is 6.97. The zero-order valence-electron chi connectivity index (χ0n) is 24.7. The predicted octanol–water partition coefficient (Wildman–Crippen LogP) is 6.57. The molecule has 2 aromatic carbocycles. The topological polar surface area (TPSA) is 87.7 Å². The largest absolute Gasteiger partial charge is 0.444 e. The number of benzene rings is 2. The van der Waals surface area contributed by atoms with E-state index in [1.165, 1.54) is 0 Å². The lowest BCUT2D eigenvalue weighted by molar-refractivity contribution is -0.141. The molecule has 0 aliphatic carbocycles. The number of ether oxygens (including phenoxy) is 1. The van der Waals surface area contributed by atoms with Gasteiger partial charge in [0.05, 0.1) is 0 Å². The van der Waals surface area contributed by atoms with E-state index in [2.05, 4.69) is 10.6 Å². The molecule has 0 heterocycles. The molecular formula is C31H45N3O4S. The van der Waals surface area contributed by atoms with Gasteiger partial charge in [-0.1, -0.05) is 55.3 Å². The van der Waals surface area contributed by atoms with Crippen LogP contribution < -0.4 is 10.6 Å². The van der Waals surface area contributed by atoms with Crippen molar-refractivity contribution in [2.75, 3.05) is 23.9 Å². The van der Waals surface area contributed by atoms with Gasteiger partial charge in [0.1, 0.15) is 17.7 Å². The molecule has 0 aliphatic rings. The number of hydrogen-bond donors (Lipinski definition) is 2. The van der Waals surface area contributed by atoms with Crippen molar-refractivity contribution in [1.82, 2.24) is 10.2 Å². The number of aryl methyl sites for hydroxylation is 3. The van der Waals surface area contributed by atoms with Crippen molar-refractivity contribution in [3.8, 4) is 0 Å². The average Bonchev–Trinajstić information content (AvgIpc) is 2.85. The molecule has 2 atom stereocenters. The summed E-state index contributed by atoms with van der Waals surface area (Å²) in [5.74, 6) is 0.0784. The van der Waals surface area contributed by atoms with Crippen molar-refractivity contribution in [2.45, 2.75) is 85.4 Å². The van der Waals surface area contributed by atoms with E-state index in [0.29, 0.717) is 30.8 Å². The van der Waals surface area contributed by atoms with Gasteiger partial charge >= 0.3 is 6.09 Å². The first-order valence-corrected chi connectivity index (χ1v) is 15.0. The summed E-state index contributed by atoms with van der Waals surface area (Å²) in [7, 11) is 0. The molecule has 2 rings (SSSR count). The summed E-state index contributed by atoms with van der Waals surface area (Å²) in [6.07, 6.45) is 3.29. The fourth-order valence-electron chi connectivity index (χ4n) is 4.26. The van der Waals surface area contributed by atoms with Crippen LogP contribution in [0, 0.1) is 20.8 Å². The van der Waals surface area contributed by atoms with Crippen molar-refractivity contribution < 1.29 is 19.1 Å². The van der Waals surface area contributed by atoms with Gasteiger partial charge in [-0.05, 0) is 89.1 Å². The highest BCUT2D eigenvalue weighted by atomic mass is 32.2. The van der Waals surface area contributed by atoms with E-state index >= 15 is 0 Å². The van der Waals surface area contributed by atoms with Crippen LogP contribution in [0.3, 0.4) is 0 Å². The normalized spacial score (nSPS) is 12.8. The Hall–Kier alpha value is -3.00. The molecular weight excluding hydrogens is 510 g/mol. The predicted molar refractivity (Wildman–Crippen MR) is 161 cm³/mol. The number of nitrogens with one attached hydrogen (secondary N) is 2. The summed E-state index contributed by atoms with van der Waals surface area (Å²) in [4.78, 5) is 42.7. The SMILES string of the molecule is CCCCN(C(=O)C(CCSC)NC(=O)OC(C)(C)C)C(C(=O)Nc1ccccc1C)c1cc(C)ccc1C. The second-order valence-corrected chi connectivity index (χ2v) is 11.9. The van der Waals surface area contributed by atoms with Crippen LogP contribution in [0.2, 0.25) is 0 Å². The monoisotopic (exact) mass is 555 g/mol. The van der Waals surface area contributed by atoms with E-state index < -0.39 is 23.8 Å². The van der Waals surface area contributed by atoms with Crippen molar-refractivity contribution in [2.24, 2.45) is 0 Å². The summed E-state index contributed by atoms with van der Waals surface area (Å²) in [6, 6.07) is 11.8. The molecule has 0 bridgehead atoms. The van der Waals surface area contributed by atoms with Gasteiger partial charge in [-0.15, -0.1) is 0 Å². The van der Waals surface area contributed by atoms with Gasteiger partial charge in [-0.3, -0.25) is 9.59 Å². The van der Waals surface area contributed by atoms with Crippen LogP contribution in [0.4, 0.5) is 10.5 Å². The highest BCUT2D eigenvalue weighted by molar-refractivity contribution is 7.98. The second kappa shape index (κ2) is 15.0. The van der Waals surface area contributed by atoms with Crippen molar-refractivity contribution in [3.63, 3.8) is 0 Å². The van der Waals surface area contributed by atoms with Crippen molar-refractivity contribution in [3.05, 3.63) is 64.7 Å². The first-order chi connectivity index (χ1) is 18.4. The maximum absolute atomic E-state index is 14.3. The lowest BCUT2D eigenvalue weighted by Gasteiger charge is -2.35. The Morgan fingerprint density at radius 2 is 1.72 bits per heavy atom. The number of carbonyl (C=O) groups excluding carboxylic acids is 3. The Kier molecular flexibility index (Phi) is 12.4. The van der Waals surface area contributed by atoms with Gasteiger partial charge in [-0.25, -0.2) is 4.79 Å². The van der Waals surface area contributed by atoms with E-state index in [1.54, 1.807) is 37.4 Å². The fourth-order valence-corrected chi connectivity index (χ4v) is 4.73. The summed E-state index contributed by atoms with van der Waals surface area (Å²) in [5.41, 5.74) is 3.62. The summed E-state index contributed by atoms with van der Waals surface area (Å²) in [6.45, 7) is 13.6. The molecule has 2 unspecified atom stereocenters. The van der Waals surface area contributed by atoms with Gasteiger partial charge in [-0.2, -0.15) is 11.8 Å². The molecule has 7 nitrogen and oxygen atoms in total. The Bertz CT molecular complexity index is 1130. The number of anilines is 1. The molecule has 0 saturated heterocycles. The Morgan fingerprint density at radius 3 is 2.33 bits per heavy atom. The van der Waals surface area contributed by atoms with Crippen LogP contribution in [-0.2, 0) is 14.3 Å². The van der Waals surface area contributed by atoms with Crippen LogP contribution in [0.15, 0.2) is 42.5 Å². The van der Waals surface area contributed by atoms with E-state index in [9.17, 15) is 14.4 Å². The highest BCUT2D eigenvalue weighted by Gasteiger charge is 2.36. The lowest BCUT2D eigenvalue weighted by Crippen LogP contribution is -2.53. The zero-order chi connectivity index (χ0) is 29.2. The molecule has 3 amide bonds. The van der Waals surface area contributed by atoms with Crippen LogP contribution in [0.25, 0.3) is 0 Å². The Morgan fingerprint density at radius 1 is 1.03 bits per heavy atom. The molecule has 214 valence electrons. The summed E-state index contributed by atoms with van der Waals surface area (Å²) < 4.78 is 5.47. The second-order valence-electron chi connectivity index (χ2n) is 10.9. The van der Waals surface area contributed by atoms with E-state index in [0.717, 1.165) is 28.7 Å². The number of unbranched alkanes of at least 4 members (excludes halogenated alkanes) is 1. The number of nitrogens with zero attached hydrogens (tertiary/aromatic N) is 1. The molecule has 0 spiro atoms. The third kappa shape index (κ3) is 9.92. The molecule has 0 aromatic heterocycles. The van der Waals surface area contributed by atoms with Crippen LogP contribution >= 0.6 is 11.8 Å². The average molecular weight is 556 g/mol. The minimum Gasteiger partial charge on any atom is -0.444 e. The third-order valence-electron chi connectivity index (χ3n) is 6.33. The standard InChI is InChI=1S/C31H45N3O4S/c1-9-10-18-34(29(36)26(17-19-39-8)33-30(37)38-31(5,6)7)27(24-20-21(2)15-16-22(24)3)28(35)32-25-14-12-11-13-23(25)4/h11-16,20,26-27H,9-10,17-19H2,1-8H3,(H,32,35)(H,33,37). The molecule has 0 aliphatic heterocycles. The first-order valence-electron chi connectivity index (χ1n) is 13.6. The summed E-state index contributed by atoms with van der Waals surface area (Å²) in [5, 5.41) is 5.87. The molecule has 2 N–H and O–H groups in total. The number of para-hydroxylation sites is 1. The summed E-state index contributed by atoms with van der Waals surface area (Å²) >= 11 is 1.59. The number of thioether (sulfide) groups is 1. The molecule has 0 fully saturated rings. The van der Waals surface area contributed by atoms with E-state index in [1.807, 2.05) is 76.4 Å². The zero-order valence-corrected chi connectivity index (χ0v) is 25.5. The maximum Gasteiger partial charge on any atom is 0.408 e. The van der Waals surface area contributed by atoms with Gasteiger partial charge < -0.3 is 20.3 Å². The Labute approximate surface area is 238 Å². The lowest BCUT2D eigenvalue weighted by atomic mass is 9.95. The number of amides is 3. The van der Waals surface area contributed by atoms with Gasteiger partial charge in [0.2, 0.25) is 5.91 Å². The smallest absolute Gasteiger partial charge is 0.408 e. The molecule has 39 heavy (non-hydrogen) atoms. The quantitative estimate of drug-likeness (QED) is 0.309. The first kappa shape index (κ1) is 32.2. The number of rotatable bonds is 12. The van der Waals surface area contributed by atoms with Gasteiger partial charge in [0.25, 0.3) is 5.91 Å². The Balaban J connectivity index is 2.57. The van der Waals surface area contributed by atoms with Crippen molar-refractivity contribution in [1.29, 1.82) is 0 Å². The number of carbonyl (C=O) groups is 3. The van der Waals surface area contributed by atoms with Crippen molar-refractivity contribution >= 4 is 35.4 Å². The van der Waals surface area contributed by atoms with Gasteiger partial charge in [0.15, 0.2) is 0 Å². The maximum atomic E-state index is 14.3. The molecule has 0 radical (unpaired) electrons. The van der Waals surface area contributed by atoms with E-state index in [4.69, 9.17) is 4.74 Å². The van der Waals surface area contributed by atoms with Crippen LogP contribution in [-0.4, -0.2) is 53.0 Å².